The average molecular weight is 353 g/mol. The molecule has 8 nitrogen and oxygen atoms in total. The lowest BCUT2D eigenvalue weighted by molar-refractivity contribution is 0.0929. The standard InChI is InChI=1S/C17H16FN7O/c1-23-7-12(6-20-23)11-2-3-14-22-15(16(18)25(14)8-11)17(26)21-13-4-5-24(9-13)10-19/h2-3,6-8,13H,4-5,9H2,1H3,(H,21,26). The van der Waals surface area contributed by atoms with E-state index in [0.29, 0.717) is 25.2 Å². The molecule has 1 amide bonds. The van der Waals surface area contributed by atoms with Crippen LogP contribution in [0.3, 0.4) is 0 Å². The number of fused-ring (bicyclic) bond motifs is 1. The first kappa shape index (κ1) is 16.1. The SMILES string of the molecule is Cn1cc(-c2ccc3nc(C(=O)NC4CCN(C#N)C4)c(F)n3c2)cn1. The number of amides is 1. The van der Waals surface area contributed by atoms with Crippen molar-refractivity contribution in [3.8, 4) is 17.3 Å². The van der Waals surface area contributed by atoms with Gasteiger partial charge in [-0.25, -0.2) is 4.98 Å². The first-order valence-electron chi connectivity index (χ1n) is 8.17. The lowest BCUT2D eigenvalue weighted by atomic mass is 10.2. The van der Waals surface area contributed by atoms with Crippen LogP contribution in [0.2, 0.25) is 0 Å². The summed E-state index contributed by atoms with van der Waals surface area (Å²) in [5, 5.41) is 15.7. The Morgan fingerprint density at radius 1 is 1.38 bits per heavy atom. The number of carbonyl (C=O) groups excluding carboxylic acids is 1. The van der Waals surface area contributed by atoms with E-state index in [0.717, 1.165) is 11.1 Å². The second-order valence-electron chi connectivity index (χ2n) is 6.30. The van der Waals surface area contributed by atoms with Crippen LogP contribution in [0, 0.1) is 17.4 Å². The lowest BCUT2D eigenvalue weighted by Crippen LogP contribution is -2.37. The first-order chi connectivity index (χ1) is 12.5. The molecule has 0 saturated carbocycles. The van der Waals surface area contributed by atoms with Gasteiger partial charge >= 0.3 is 0 Å². The van der Waals surface area contributed by atoms with E-state index in [1.807, 2.05) is 18.5 Å². The van der Waals surface area contributed by atoms with Gasteiger partial charge in [-0.3, -0.25) is 13.9 Å². The number of likely N-dealkylation sites (tertiary alicyclic amines) is 1. The summed E-state index contributed by atoms with van der Waals surface area (Å²) in [4.78, 5) is 18.1. The molecule has 26 heavy (non-hydrogen) atoms. The van der Waals surface area contributed by atoms with Crippen molar-refractivity contribution in [1.29, 1.82) is 5.26 Å². The summed E-state index contributed by atoms with van der Waals surface area (Å²) in [7, 11) is 1.80. The van der Waals surface area contributed by atoms with Crippen LogP contribution >= 0.6 is 0 Å². The summed E-state index contributed by atoms with van der Waals surface area (Å²) in [6, 6.07) is 3.29. The summed E-state index contributed by atoms with van der Waals surface area (Å²) in [5.74, 6) is -1.28. The summed E-state index contributed by atoms with van der Waals surface area (Å²) >= 11 is 0. The van der Waals surface area contributed by atoms with Crippen molar-refractivity contribution >= 4 is 11.6 Å². The van der Waals surface area contributed by atoms with Crippen LogP contribution in [0.15, 0.2) is 30.7 Å². The number of carbonyl (C=O) groups is 1. The summed E-state index contributed by atoms with van der Waals surface area (Å²) < 4.78 is 17.7. The fraction of sp³-hybridized carbons (Fsp3) is 0.294. The van der Waals surface area contributed by atoms with Gasteiger partial charge in [-0.15, -0.1) is 0 Å². The maximum atomic E-state index is 14.8. The normalized spacial score (nSPS) is 16.8. The Kier molecular flexibility index (Phi) is 3.80. The van der Waals surface area contributed by atoms with E-state index in [9.17, 15) is 9.18 Å². The van der Waals surface area contributed by atoms with Crippen LogP contribution in [-0.4, -0.2) is 49.1 Å². The van der Waals surface area contributed by atoms with Crippen molar-refractivity contribution < 1.29 is 9.18 Å². The van der Waals surface area contributed by atoms with E-state index in [1.54, 1.807) is 35.1 Å². The third kappa shape index (κ3) is 2.75. The molecule has 4 heterocycles. The van der Waals surface area contributed by atoms with E-state index in [1.165, 1.54) is 4.40 Å². The Hall–Kier alpha value is -3.41. The van der Waals surface area contributed by atoms with E-state index >= 15 is 0 Å². The fourth-order valence-electron chi connectivity index (χ4n) is 3.12. The number of nitrogens with one attached hydrogen (secondary N) is 1. The molecule has 1 aliphatic rings. The summed E-state index contributed by atoms with van der Waals surface area (Å²) in [5.41, 5.74) is 1.72. The van der Waals surface area contributed by atoms with Crippen LogP contribution in [0.1, 0.15) is 16.9 Å². The Balaban J connectivity index is 1.61. The van der Waals surface area contributed by atoms with E-state index in [4.69, 9.17) is 5.26 Å². The molecule has 9 heteroatoms. The van der Waals surface area contributed by atoms with Gasteiger partial charge in [-0.05, 0) is 18.6 Å². The predicted molar refractivity (Wildman–Crippen MR) is 90.4 cm³/mol. The van der Waals surface area contributed by atoms with Gasteiger partial charge in [0.1, 0.15) is 5.65 Å². The number of pyridine rings is 1. The number of halogens is 1. The Morgan fingerprint density at radius 3 is 2.92 bits per heavy atom. The highest BCUT2D eigenvalue weighted by Gasteiger charge is 2.26. The van der Waals surface area contributed by atoms with Crippen molar-refractivity contribution in [3.05, 3.63) is 42.4 Å². The number of aryl methyl sites for hydroxylation is 1. The topological polar surface area (TPSA) is 91.2 Å². The quantitative estimate of drug-likeness (QED) is 0.714. The monoisotopic (exact) mass is 353 g/mol. The minimum Gasteiger partial charge on any atom is -0.346 e. The van der Waals surface area contributed by atoms with Crippen molar-refractivity contribution in [3.63, 3.8) is 0 Å². The molecule has 1 saturated heterocycles. The molecule has 1 atom stereocenters. The molecule has 1 fully saturated rings. The molecule has 4 rings (SSSR count). The fourth-order valence-corrected chi connectivity index (χ4v) is 3.12. The summed E-state index contributed by atoms with van der Waals surface area (Å²) in [6.45, 7) is 1.02. The molecule has 1 N–H and O–H groups in total. The molecule has 0 aromatic carbocycles. The molecular formula is C17H16FN7O. The van der Waals surface area contributed by atoms with Gasteiger partial charge in [0.25, 0.3) is 5.91 Å². The third-order valence-electron chi connectivity index (χ3n) is 4.48. The van der Waals surface area contributed by atoms with Gasteiger partial charge in [-0.2, -0.15) is 14.8 Å². The molecular weight excluding hydrogens is 337 g/mol. The zero-order valence-electron chi connectivity index (χ0n) is 14.1. The van der Waals surface area contributed by atoms with E-state index < -0.39 is 11.9 Å². The third-order valence-corrected chi connectivity index (χ3v) is 4.48. The van der Waals surface area contributed by atoms with Crippen LogP contribution in [-0.2, 0) is 7.05 Å². The highest BCUT2D eigenvalue weighted by molar-refractivity contribution is 5.93. The van der Waals surface area contributed by atoms with Gasteiger partial charge in [0.15, 0.2) is 11.9 Å². The number of nitrogens with zero attached hydrogens (tertiary/aromatic N) is 6. The van der Waals surface area contributed by atoms with Gasteiger partial charge < -0.3 is 10.2 Å². The smallest absolute Gasteiger partial charge is 0.274 e. The van der Waals surface area contributed by atoms with Gasteiger partial charge in [0, 0.05) is 49.7 Å². The molecule has 0 spiro atoms. The number of imidazole rings is 1. The lowest BCUT2D eigenvalue weighted by Gasteiger charge is -2.10. The zero-order chi connectivity index (χ0) is 18.3. The van der Waals surface area contributed by atoms with Gasteiger partial charge in [0.2, 0.25) is 5.95 Å². The molecule has 1 aliphatic heterocycles. The van der Waals surface area contributed by atoms with Crippen LogP contribution in [0.25, 0.3) is 16.8 Å². The molecule has 132 valence electrons. The zero-order valence-corrected chi connectivity index (χ0v) is 14.1. The largest absolute Gasteiger partial charge is 0.346 e. The van der Waals surface area contributed by atoms with Crippen LogP contribution < -0.4 is 5.32 Å². The minimum absolute atomic E-state index is 0.183. The van der Waals surface area contributed by atoms with E-state index in [2.05, 4.69) is 15.4 Å². The van der Waals surface area contributed by atoms with Crippen molar-refractivity contribution in [2.45, 2.75) is 12.5 Å². The number of aromatic nitrogens is 4. The molecule has 0 aliphatic carbocycles. The maximum absolute atomic E-state index is 14.8. The maximum Gasteiger partial charge on any atom is 0.274 e. The highest BCUT2D eigenvalue weighted by Crippen LogP contribution is 2.21. The van der Waals surface area contributed by atoms with Crippen molar-refractivity contribution in [1.82, 2.24) is 29.4 Å². The Bertz CT molecular complexity index is 1030. The molecule has 0 radical (unpaired) electrons. The molecule has 3 aromatic heterocycles. The van der Waals surface area contributed by atoms with Crippen molar-refractivity contribution in [2.24, 2.45) is 7.05 Å². The Labute approximate surface area is 148 Å². The molecule has 1 unspecified atom stereocenters. The number of hydrogen-bond acceptors (Lipinski definition) is 5. The number of nitriles is 1. The Morgan fingerprint density at radius 2 is 2.23 bits per heavy atom. The molecule has 3 aromatic rings. The highest BCUT2D eigenvalue weighted by atomic mass is 19.1. The van der Waals surface area contributed by atoms with Crippen LogP contribution in [0.5, 0.6) is 0 Å². The van der Waals surface area contributed by atoms with Gasteiger partial charge in [-0.1, -0.05) is 0 Å². The second kappa shape index (κ2) is 6.15. The average Bonchev–Trinajstić information content (AvgIpc) is 3.34. The first-order valence-corrected chi connectivity index (χ1v) is 8.17. The minimum atomic E-state index is -0.710. The second-order valence-corrected chi connectivity index (χ2v) is 6.30. The number of rotatable bonds is 3. The van der Waals surface area contributed by atoms with E-state index in [-0.39, 0.29) is 11.7 Å². The van der Waals surface area contributed by atoms with Crippen LogP contribution in [0.4, 0.5) is 4.39 Å². The number of hydrogen-bond donors (Lipinski definition) is 1. The van der Waals surface area contributed by atoms with Gasteiger partial charge in [0.05, 0.1) is 6.20 Å². The summed E-state index contributed by atoms with van der Waals surface area (Å²) in [6.07, 6.45) is 7.80. The predicted octanol–water partition coefficient (Wildman–Crippen LogP) is 1.16. The van der Waals surface area contributed by atoms with Crippen molar-refractivity contribution in [2.75, 3.05) is 13.1 Å². The molecule has 0 bridgehead atoms.